The van der Waals surface area contributed by atoms with Gasteiger partial charge in [0.05, 0.1) is 0 Å². The molecule has 0 aromatic rings. The van der Waals surface area contributed by atoms with Crippen LogP contribution >= 0.6 is 0 Å². The molecular weight excluding hydrogens is 122 g/mol. The van der Waals surface area contributed by atoms with Gasteiger partial charge in [0.1, 0.15) is 0 Å². The van der Waals surface area contributed by atoms with Crippen LogP contribution in [-0.2, 0) is 14.3 Å². The maximum Gasteiger partial charge on any atom is 0.330 e. The number of primary amides is 1. The number of ether oxygens (including phenoxy) is 1. The van der Waals surface area contributed by atoms with Crippen molar-refractivity contribution >= 4 is 11.9 Å². The van der Waals surface area contributed by atoms with Crippen molar-refractivity contribution in [1.82, 2.24) is 0 Å². The van der Waals surface area contributed by atoms with Gasteiger partial charge in [0.15, 0.2) is 6.61 Å². The molecular formula is C5H7NO3. The van der Waals surface area contributed by atoms with Crippen molar-refractivity contribution in [1.29, 1.82) is 0 Å². The Balaban J connectivity index is 3.39. The van der Waals surface area contributed by atoms with Crippen LogP contribution in [0.3, 0.4) is 0 Å². The third-order valence-corrected chi connectivity index (χ3v) is 0.523. The third kappa shape index (κ3) is 4.53. The Kier molecular flexibility index (Phi) is 3.12. The molecule has 9 heavy (non-hydrogen) atoms. The van der Waals surface area contributed by atoms with E-state index in [4.69, 9.17) is 0 Å². The van der Waals surface area contributed by atoms with Gasteiger partial charge in [0, 0.05) is 6.08 Å². The first-order valence-corrected chi connectivity index (χ1v) is 2.24. The fraction of sp³-hybridized carbons (Fsp3) is 0.200. The van der Waals surface area contributed by atoms with E-state index in [1.165, 1.54) is 0 Å². The minimum Gasteiger partial charge on any atom is -0.452 e. The predicted octanol–water partition coefficient (Wildman–Crippen LogP) is -0.799. The molecule has 0 aliphatic heterocycles. The molecule has 2 N–H and O–H groups in total. The number of hydrogen-bond acceptors (Lipinski definition) is 3. The molecule has 0 radical (unpaired) electrons. The zero-order valence-corrected chi connectivity index (χ0v) is 4.79. The molecule has 4 heteroatoms. The average Bonchev–Trinajstić information content (AvgIpc) is 1.83. The van der Waals surface area contributed by atoms with Crippen LogP contribution in [0.25, 0.3) is 0 Å². The van der Waals surface area contributed by atoms with Crippen LogP contribution in [0.4, 0.5) is 0 Å². The van der Waals surface area contributed by atoms with Gasteiger partial charge in [-0.15, -0.1) is 0 Å². The maximum absolute atomic E-state index is 10.2. The van der Waals surface area contributed by atoms with Gasteiger partial charge in [-0.05, 0) is 0 Å². The van der Waals surface area contributed by atoms with Crippen molar-refractivity contribution in [3.05, 3.63) is 12.7 Å². The van der Waals surface area contributed by atoms with E-state index in [-0.39, 0.29) is 6.61 Å². The number of amides is 1. The summed E-state index contributed by atoms with van der Waals surface area (Å²) in [7, 11) is 0. The number of rotatable bonds is 3. The van der Waals surface area contributed by atoms with Crippen molar-refractivity contribution in [2.75, 3.05) is 6.61 Å². The maximum atomic E-state index is 10.2. The smallest absolute Gasteiger partial charge is 0.330 e. The molecule has 4 nitrogen and oxygen atoms in total. The highest BCUT2D eigenvalue weighted by Gasteiger charge is 1.97. The van der Waals surface area contributed by atoms with E-state index in [2.05, 4.69) is 17.0 Å². The van der Waals surface area contributed by atoms with Crippen LogP contribution in [0.15, 0.2) is 12.7 Å². The molecule has 0 unspecified atom stereocenters. The Morgan fingerprint density at radius 1 is 1.67 bits per heavy atom. The van der Waals surface area contributed by atoms with Crippen LogP contribution < -0.4 is 5.73 Å². The molecule has 0 saturated heterocycles. The lowest BCUT2D eigenvalue weighted by Gasteiger charge is -1.94. The molecule has 0 heterocycles. The van der Waals surface area contributed by atoms with Crippen molar-refractivity contribution < 1.29 is 14.3 Å². The van der Waals surface area contributed by atoms with Crippen LogP contribution in [0.5, 0.6) is 0 Å². The van der Waals surface area contributed by atoms with Gasteiger partial charge < -0.3 is 10.5 Å². The Morgan fingerprint density at radius 2 is 2.22 bits per heavy atom. The van der Waals surface area contributed by atoms with Crippen molar-refractivity contribution in [2.45, 2.75) is 0 Å². The first kappa shape index (κ1) is 7.68. The van der Waals surface area contributed by atoms with E-state index < -0.39 is 11.9 Å². The lowest BCUT2D eigenvalue weighted by molar-refractivity contribution is -0.142. The Hall–Kier alpha value is -1.32. The van der Waals surface area contributed by atoms with Gasteiger partial charge in [-0.2, -0.15) is 0 Å². The molecule has 50 valence electrons. The largest absolute Gasteiger partial charge is 0.452 e. The average molecular weight is 129 g/mol. The minimum absolute atomic E-state index is 0.384. The summed E-state index contributed by atoms with van der Waals surface area (Å²) in [5.74, 6) is -1.32. The van der Waals surface area contributed by atoms with E-state index >= 15 is 0 Å². The first-order chi connectivity index (χ1) is 4.16. The normalized spacial score (nSPS) is 8.00. The second kappa shape index (κ2) is 3.65. The standard InChI is InChI=1S/C5H7NO3/c1-2-5(8)9-3-4(6)7/h2H,1,3H2,(H2,6,7). The van der Waals surface area contributed by atoms with Crippen molar-refractivity contribution in [3.63, 3.8) is 0 Å². The van der Waals surface area contributed by atoms with E-state index in [0.717, 1.165) is 6.08 Å². The predicted molar refractivity (Wildman–Crippen MR) is 30.4 cm³/mol. The molecule has 0 fully saturated rings. The molecule has 0 aromatic heterocycles. The van der Waals surface area contributed by atoms with E-state index in [1.807, 2.05) is 0 Å². The summed E-state index contributed by atoms with van der Waals surface area (Å²) in [4.78, 5) is 20.1. The summed E-state index contributed by atoms with van der Waals surface area (Å²) in [5.41, 5.74) is 4.64. The van der Waals surface area contributed by atoms with Gasteiger partial charge in [0.2, 0.25) is 0 Å². The fourth-order valence-electron chi connectivity index (χ4n) is 0.201. The van der Waals surface area contributed by atoms with Crippen LogP contribution in [-0.4, -0.2) is 18.5 Å². The second-order valence-corrected chi connectivity index (χ2v) is 1.28. The monoisotopic (exact) mass is 129 g/mol. The Bertz CT molecular complexity index is 141. The van der Waals surface area contributed by atoms with Gasteiger partial charge in [0.25, 0.3) is 5.91 Å². The summed E-state index contributed by atoms with van der Waals surface area (Å²) >= 11 is 0. The number of carbonyl (C=O) groups excluding carboxylic acids is 2. The highest BCUT2D eigenvalue weighted by molar-refractivity contribution is 5.84. The lowest BCUT2D eigenvalue weighted by atomic mass is 10.6. The summed E-state index contributed by atoms with van der Waals surface area (Å²) in [6.45, 7) is 2.73. The van der Waals surface area contributed by atoms with Gasteiger partial charge >= 0.3 is 5.97 Å². The lowest BCUT2D eigenvalue weighted by Crippen LogP contribution is -2.19. The van der Waals surface area contributed by atoms with E-state index in [0.29, 0.717) is 0 Å². The van der Waals surface area contributed by atoms with Gasteiger partial charge in [-0.1, -0.05) is 6.58 Å². The van der Waals surface area contributed by atoms with Gasteiger partial charge in [-0.3, -0.25) is 4.79 Å². The van der Waals surface area contributed by atoms with Crippen LogP contribution in [0.2, 0.25) is 0 Å². The second-order valence-electron chi connectivity index (χ2n) is 1.28. The van der Waals surface area contributed by atoms with E-state index in [1.54, 1.807) is 0 Å². The fourth-order valence-corrected chi connectivity index (χ4v) is 0.201. The topological polar surface area (TPSA) is 69.4 Å². The molecule has 1 amide bonds. The summed E-state index contributed by atoms with van der Waals surface area (Å²) < 4.78 is 4.22. The number of nitrogens with two attached hydrogens (primary N) is 1. The summed E-state index contributed by atoms with van der Waals surface area (Å²) in [6, 6.07) is 0. The molecule has 0 spiro atoms. The van der Waals surface area contributed by atoms with Gasteiger partial charge in [-0.25, -0.2) is 4.79 Å². The summed E-state index contributed by atoms with van der Waals surface area (Å²) in [6.07, 6.45) is 0.961. The molecule has 0 aromatic carbocycles. The Labute approximate surface area is 52.3 Å². The SMILES string of the molecule is C=CC(=O)OCC(N)=O. The molecule has 0 aliphatic rings. The zero-order valence-electron chi connectivity index (χ0n) is 4.79. The quantitative estimate of drug-likeness (QED) is 0.400. The molecule has 0 aliphatic carbocycles. The molecule has 0 atom stereocenters. The Morgan fingerprint density at radius 3 is 2.56 bits per heavy atom. The summed E-state index contributed by atoms with van der Waals surface area (Å²) in [5, 5.41) is 0. The highest BCUT2D eigenvalue weighted by Crippen LogP contribution is 1.75. The van der Waals surface area contributed by atoms with Crippen LogP contribution in [0, 0.1) is 0 Å². The zero-order chi connectivity index (χ0) is 7.28. The number of esters is 1. The van der Waals surface area contributed by atoms with Crippen molar-refractivity contribution in [2.24, 2.45) is 5.73 Å². The first-order valence-electron chi connectivity index (χ1n) is 2.24. The number of carbonyl (C=O) groups is 2. The van der Waals surface area contributed by atoms with Crippen molar-refractivity contribution in [3.8, 4) is 0 Å². The molecule has 0 saturated carbocycles. The molecule has 0 rings (SSSR count). The molecule has 0 bridgehead atoms. The van der Waals surface area contributed by atoms with Crippen LogP contribution in [0.1, 0.15) is 0 Å². The highest BCUT2D eigenvalue weighted by atomic mass is 16.5. The number of hydrogen-bond donors (Lipinski definition) is 1. The third-order valence-electron chi connectivity index (χ3n) is 0.523. The van der Waals surface area contributed by atoms with E-state index in [9.17, 15) is 9.59 Å². The minimum atomic E-state index is -0.676.